The number of morpholine rings is 1. The Hall–Kier alpha value is -3.00. The van der Waals surface area contributed by atoms with Gasteiger partial charge in [-0.25, -0.2) is 19.9 Å². The molecule has 0 spiro atoms. The van der Waals surface area contributed by atoms with Gasteiger partial charge in [0.2, 0.25) is 0 Å². The molecule has 0 unspecified atom stereocenters. The molecule has 5 rings (SSSR count). The maximum atomic E-state index is 5.49. The van der Waals surface area contributed by atoms with Crippen LogP contribution in [0.15, 0.2) is 36.9 Å². The molecule has 0 amide bonds. The Labute approximate surface area is 181 Å². The number of ether oxygens (including phenoxy) is 1. The van der Waals surface area contributed by atoms with E-state index in [1.54, 1.807) is 6.33 Å². The van der Waals surface area contributed by atoms with Crippen LogP contribution in [0.4, 0.5) is 5.82 Å². The molecular weight excluding hydrogens is 390 g/mol. The summed E-state index contributed by atoms with van der Waals surface area (Å²) in [7, 11) is 0. The second-order valence-corrected chi connectivity index (χ2v) is 8.07. The number of anilines is 1. The molecule has 0 radical (unpaired) electrons. The van der Waals surface area contributed by atoms with Crippen molar-refractivity contribution in [2.75, 3.05) is 31.2 Å². The summed E-state index contributed by atoms with van der Waals surface area (Å²) in [6, 6.07) is 8.39. The first-order valence-corrected chi connectivity index (χ1v) is 11.3. The third-order valence-corrected chi connectivity index (χ3v) is 5.97. The van der Waals surface area contributed by atoms with Crippen molar-refractivity contribution in [3.63, 3.8) is 0 Å². The lowest BCUT2D eigenvalue weighted by Gasteiger charge is -2.27. The molecule has 0 saturated carbocycles. The van der Waals surface area contributed by atoms with Crippen molar-refractivity contribution in [1.82, 2.24) is 29.1 Å². The largest absolute Gasteiger partial charge is 0.378 e. The SMILES string of the molecule is CCCCCCn1c(Cn2cnc3c(N4CCOCC4)ncnc32)nc2ccccc21. The van der Waals surface area contributed by atoms with Crippen molar-refractivity contribution >= 4 is 28.0 Å². The maximum absolute atomic E-state index is 5.49. The highest BCUT2D eigenvalue weighted by Crippen LogP contribution is 2.24. The number of benzene rings is 1. The molecule has 3 aromatic heterocycles. The van der Waals surface area contributed by atoms with Crippen LogP contribution in [0.5, 0.6) is 0 Å². The van der Waals surface area contributed by atoms with E-state index in [-0.39, 0.29) is 0 Å². The summed E-state index contributed by atoms with van der Waals surface area (Å²) >= 11 is 0. The number of imidazole rings is 2. The highest BCUT2D eigenvalue weighted by atomic mass is 16.5. The van der Waals surface area contributed by atoms with Gasteiger partial charge in [-0.2, -0.15) is 0 Å². The van der Waals surface area contributed by atoms with E-state index in [4.69, 9.17) is 9.72 Å². The van der Waals surface area contributed by atoms with Crippen molar-refractivity contribution in [2.45, 2.75) is 45.7 Å². The van der Waals surface area contributed by atoms with E-state index in [2.05, 4.69) is 60.2 Å². The second-order valence-electron chi connectivity index (χ2n) is 8.07. The minimum Gasteiger partial charge on any atom is -0.378 e. The topological polar surface area (TPSA) is 73.9 Å². The van der Waals surface area contributed by atoms with Crippen LogP contribution in [0.2, 0.25) is 0 Å². The summed E-state index contributed by atoms with van der Waals surface area (Å²) in [4.78, 5) is 20.9. The predicted molar refractivity (Wildman–Crippen MR) is 121 cm³/mol. The zero-order chi connectivity index (χ0) is 21.0. The summed E-state index contributed by atoms with van der Waals surface area (Å²) in [6.07, 6.45) is 8.42. The van der Waals surface area contributed by atoms with Gasteiger partial charge in [0.15, 0.2) is 17.0 Å². The Kier molecular flexibility index (Phi) is 5.80. The first kappa shape index (κ1) is 19.9. The number of nitrogens with zero attached hydrogens (tertiary/aromatic N) is 7. The van der Waals surface area contributed by atoms with E-state index >= 15 is 0 Å². The van der Waals surface area contributed by atoms with E-state index in [0.29, 0.717) is 19.8 Å². The van der Waals surface area contributed by atoms with Crippen LogP contribution in [0.3, 0.4) is 0 Å². The molecule has 1 aromatic carbocycles. The van der Waals surface area contributed by atoms with Crippen LogP contribution in [0, 0.1) is 0 Å². The maximum Gasteiger partial charge on any atom is 0.165 e. The smallest absolute Gasteiger partial charge is 0.165 e. The van der Waals surface area contributed by atoms with E-state index in [1.807, 2.05) is 6.33 Å². The molecular formula is C23H29N7O. The van der Waals surface area contributed by atoms with Gasteiger partial charge in [-0.1, -0.05) is 38.3 Å². The summed E-state index contributed by atoms with van der Waals surface area (Å²) in [5.41, 5.74) is 3.93. The van der Waals surface area contributed by atoms with Crippen molar-refractivity contribution in [2.24, 2.45) is 0 Å². The van der Waals surface area contributed by atoms with Gasteiger partial charge in [-0.3, -0.25) is 0 Å². The Bertz CT molecular complexity index is 1160. The summed E-state index contributed by atoms with van der Waals surface area (Å²) in [5.74, 6) is 1.93. The number of hydrogen-bond donors (Lipinski definition) is 0. The average molecular weight is 420 g/mol. The lowest BCUT2D eigenvalue weighted by molar-refractivity contribution is 0.122. The Balaban J connectivity index is 1.47. The van der Waals surface area contributed by atoms with Crippen molar-refractivity contribution in [1.29, 1.82) is 0 Å². The Morgan fingerprint density at radius 3 is 2.74 bits per heavy atom. The van der Waals surface area contributed by atoms with Crippen LogP contribution in [-0.4, -0.2) is 55.4 Å². The van der Waals surface area contributed by atoms with Crippen molar-refractivity contribution < 1.29 is 4.74 Å². The number of para-hydroxylation sites is 2. The number of unbranched alkanes of at least 4 members (excludes halogenated alkanes) is 3. The molecule has 8 heteroatoms. The fourth-order valence-electron chi connectivity index (χ4n) is 4.34. The van der Waals surface area contributed by atoms with Crippen LogP contribution >= 0.6 is 0 Å². The van der Waals surface area contributed by atoms with E-state index in [1.165, 1.54) is 24.8 Å². The molecule has 31 heavy (non-hydrogen) atoms. The molecule has 162 valence electrons. The van der Waals surface area contributed by atoms with E-state index < -0.39 is 0 Å². The minimum atomic E-state index is 0.637. The molecule has 1 aliphatic rings. The van der Waals surface area contributed by atoms with Crippen molar-refractivity contribution in [3.8, 4) is 0 Å². The highest BCUT2D eigenvalue weighted by Gasteiger charge is 2.19. The molecule has 4 aromatic rings. The van der Waals surface area contributed by atoms with Crippen LogP contribution < -0.4 is 4.90 Å². The number of rotatable bonds is 8. The quantitative estimate of drug-likeness (QED) is 0.406. The van der Waals surface area contributed by atoms with E-state index in [0.717, 1.165) is 54.4 Å². The molecule has 0 atom stereocenters. The monoisotopic (exact) mass is 419 g/mol. The van der Waals surface area contributed by atoms with Gasteiger partial charge < -0.3 is 18.8 Å². The zero-order valence-corrected chi connectivity index (χ0v) is 18.1. The number of aromatic nitrogens is 6. The fraction of sp³-hybridized carbons (Fsp3) is 0.478. The first-order chi connectivity index (χ1) is 15.3. The second kappa shape index (κ2) is 9.01. The number of hydrogen-bond acceptors (Lipinski definition) is 6. The van der Waals surface area contributed by atoms with Gasteiger partial charge >= 0.3 is 0 Å². The number of fused-ring (bicyclic) bond motifs is 2. The Morgan fingerprint density at radius 1 is 1.00 bits per heavy atom. The van der Waals surface area contributed by atoms with Crippen LogP contribution in [0.1, 0.15) is 38.4 Å². The van der Waals surface area contributed by atoms with Crippen molar-refractivity contribution in [3.05, 3.63) is 42.7 Å². The van der Waals surface area contributed by atoms with Gasteiger partial charge in [0.1, 0.15) is 12.2 Å². The standard InChI is InChI=1S/C23H29N7O/c1-2-3-4-7-10-30-19-9-6-5-8-18(19)27-20(30)15-29-17-26-21-22(24-16-25-23(21)29)28-11-13-31-14-12-28/h5-6,8-9,16-17H,2-4,7,10-15H2,1H3. The lowest BCUT2D eigenvalue weighted by Crippen LogP contribution is -2.36. The normalized spacial score (nSPS) is 14.7. The van der Waals surface area contributed by atoms with Gasteiger partial charge in [0.25, 0.3) is 0 Å². The highest BCUT2D eigenvalue weighted by molar-refractivity contribution is 5.83. The third kappa shape index (κ3) is 3.99. The molecule has 1 aliphatic heterocycles. The lowest BCUT2D eigenvalue weighted by atomic mass is 10.2. The number of aryl methyl sites for hydroxylation is 1. The Morgan fingerprint density at radius 2 is 1.87 bits per heavy atom. The van der Waals surface area contributed by atoms with Gasteiger partial charge in [0.05, 0.1) is 37.1 Å². The molecule has 0 N–H and O–H groups in total. The minimum absolute atomic E-state index is 0.637. The predicted octanol–water partition coefficient (Wildman–Crippen LogP) is 3.64. The van der Waals surface area contributed by atoms with Gasteiger partial charge in [-0.05, 0) is 18.6 Å². The average Bonchev–Trinajstić information content (AvgIpc) is 3.39. The zero-order valence-electron chi connectivity index (χ0n) is 18.1. The molecule has 1 saturated heterocycles. The van der Waals surface area contributed by atoms with Gasteiger partial charge in [0, 0.05) is 19.6 Å². The van der Waals surface area contributed by atoms with Crippen LogP contribution in [0.25, 0.3) is 22.2 Å². The van der Waals surface area contributed by atoms with E-state index in [9.17, 15) is 0 Å². The third-order valence-electron chi connectivity index (χ3n) is 5.97. The fourth-order valence-corrected chi connectivity index (χ4v) is 4.34. The van der Waals surface area contributed by atoms with Gasteiger partial charge in [-0.15, -0.1) is 0 Å². The molecule has 4 heterocycles. The first-order valence-electron chi connectivity index (χ1n) is 11.3. The molecule has 0 aliphatic carbocycles. The summed E-state index contributed by atoms with van der Waals surface area (Å²) < 4.78 is 9.94. The van der Waals surface area contributed by atoms with Crippen LogP contribution in [-0.2, 0) is 17.8 Å². The summed E-state index contributed by atoms with van der Waals surface area (Å²) in [5, 5.41) is 0. The molecule has 8 nitrogen and oxygen atoms in total. The molecule has 1 fully saturated rings. The summed E-state index contributed by atoms with van der Waals surface area (Å²) in [6.45, 7) is 6.95. The molecule has 0 bridgehead atoms.